The molecule has 0 bridgehead atoms. The number of carboxylic acid groups (broad SMARTS) is 1. The van der Waals surface area contributed by atoms with Crippen LogP contribution in [0.25, 0.3) is 0 Å². The summed E-state index contributed by atoms with van der Waals surface area (Å²) < 4.78 is 10.6. The minimum atomic E-state index is -1.13. The summed E-state index contributed by atoms with van der Waals surface area (Å²) in [6, 6.07) is 5.17. The molecular formula is C19H28N2O5. The molecule has 4 N–H and O–H groups in total. The summed E-state index contributed by atoms with van der Waals surface area (Å²) >= 11 is 0. The molecule has 7 nitrogen and oxygen atoms in total. The topological polar surface area (TPSA) is 111 Å². The van der Waals surface area contributed by atoms with E-state index in [0.717, 1.165) is 12.8 Å². The van der Waals surface area contributed by atoms with Gasteiger partial charge in [0.15, 0.2) is 0 Å². The minimum Gasteiger partial charge on any atom is -0.496 e. The van der Waals surface area contributed by atoms with Crippen LogP contribution in [0.15, 0.2) is 18.2 Å². The van der Waals surface area contributed by atoms with Crippen molar-refractivity contribution in [2.75, 3.05) is 19.4 Å². The first-order chi connectivity index (χ1) is 12.1. The third kappa shape index (κ3) is 4.80. The molecular weight excluding hydrogens is 336 g/mol. The van der Waals surface area contributed by atoms with E-state index in [-0.39, 0.29) is 18.9 Å². The average molecular weight is 364 g/mol. The first-order valence-corrected chi connectivity index (χ1v) is 8.70. The van der Waals surface area contributed by atoms with Gasteiger partial charge in [-0.05, 0) is 69.7 Å². The molecule has 1 unspecified atom stereocenters. The summed E-state index contributed by atoms with van der Waals surface area (Å²) in [4.78, 5) is 24.3. The number of carbonyl (C=O) groups is 2. The van der Waals surface area contributed by atoms with E-state index in [9.17, 15) is 14.7 Å². The van der Waals surface area contributed by atoms with Crippen LogP contribution in [-0.2, 0) is 16.0 Å². The molecule has 0 heterocycles. The fourth-order valence-electron chi connectivity index (χ4n) is 3.13. The minimum absolute atomic E-state index is 0.0129. The van der Waals surface area contributed by atoms with Gasteiger partial charge in [-0.1, -0.05) is 0 Å². The highest BCUT2D eigenvalue weighted by atomic mass is 16.6. The van der Waals surface area contributed by atoms with Crippen LogP contribution in [-0.4, -0.2) is 36.4 Å². The number of ether oxygens (including phenoxy) is 2. The van der Waals surface area contributed by atoms with E-state index in [1.807, 2.05) is 0 Å². The molecule has 1 saturated carbocycles. The van der Waals surface area contributed by atoms with Crippen molar-refractivity contribution in [3.63, 3.8) is 0 Å². The van der Waals surface area contributed by atoms with Gasteiger partial charge in [-0.25, -0.2) is 4.79 Å². The summed E-state index contributed by atoms with van der Waals surface area (Å²) in [6.45, 7) is 5.26. The summed E-state index contributed by atoms with van der Waals surface area (Å²) in [7, 11) is 1.54. The van der Waals surface area contributed by atoms with Crippen LogP contribution in [0.5, 0.6) is 5.75 Å². The second-order valence-corrected chi connectivity index (χ2v) is 7.84. The third-order valence-corrected chi connectivity index (χ3v) is 4.54. The monoisotopic (exact) mass is 364 g/mol. The van der Waals surface area contributed by atoms with Crippen molar-refractivity contribution in [2.24, 2.45) is 11.3 Å². The Morgan fingerprint density at radius 1 is 1.31 bits per heavy atom. The summed E-state index contributed by atoms with van der Waals surface area (Å²) in [5, 5.41) is 12.7. The van der Waals surface area contributed by atoms with Gasteiger partial charge in [-0.2, -0.15) is 0 Å². The van der Waals surface area contributed by atoms with Crippen molar-refractivity contribution in [1.29, 1.82) is 0 Å². The molecule has 2 rings (SSSR count). The Morgan fingerprint density at radius 3 is 2.46 bits per heavy atom. The second-order valence-electron chi connectivity index (χ2n) is 7.84. The Balaban J connectivity index is 2.25. The van der Waals surface area contributed by atoms with Gasteiger partial charge in [-0.3, -0.25) is 4.79 Å². The molecule has 0 spiro atoms. The van der Waals surface area contributed by atoms with E-state index < -0.39 is 23.1 Å². The lowest BCUT2D eigenvalue weighted by molar-refractivity contribution is -0.150. The zero-order valence-corrected chi connectivity index (χ0v) is 15.8. The smallest absolute Gasteiger partial charge is 0.407 e. The first kappa shape index (κ1) is 19.9. The number of nitrogens with two attached hydrogens (primary N) is 1. The molecule has 144 valence electrons. The molecule has 1 aliphatic carbocycles. The number of alkyl carbamates (subject to hydrolysis) is 1. The van der Waals surface area contributed by atoms with E-state index in [4.69, 9.17) is 15.2 Å². The number of rotatable bonds is 7. The van der Waals surface area contributed by atoms with Crippen LogP contribution in [0.2, 0.25) is 0 Å². The Kier molecular flexibility index (Phi) is 5.68. The number of benzene rings is 1. The third-order valence-electron chi connectivity index (χ3n) is 4.54. The molecule has 1 aromatic carbocycles. The number of amides is 1. The van der Waals surface area contributed by atoms with Gasteiger partial charge in [0.2, 0.25) is 0 Å². The average Bonchev–Trinajstić information content (AvgIpc) is 3.34. The first-order valence-electron chi connectivity index (χ1n) is 8.70. The SMILES string of the molecule is COc1ccc(N)cc1CC(CNC(=O)OC(C)(C)C)(C(=O)O)C1CC1. The van der Waals surface area contributed by atoms with Crippen LogP contribution in [0.4, 0.5) is 10.5 Å². The van der Waals surface area contributed by atoms with Crippen molar-refractivity contribution >= 4 is 17.7 Å². The summed E-state index contributed by atoms with van der Waals surface area (Å²) in [5.41, 5.74) is 5.35. The maximum absolute atomic E-state index is 12.2. The van der Waals surface area contributed by atoms with Crippen molar-refractivity contribution < 1.29 is 24.2 Å². The molecule has 1 fully saturated rings. The van der Waals surface area contributed by atoms with E-state index >= 15 is 0 Å². The second kappa shape index (κ2) is 7.43. The van der Waals surface area contributed by atoms with Crippen LogP contribution in [0, 0.1) is 11.3 Å². The molecule has 0 saturated heterocycles. The van der Waals surface area contributed by atoms with Gasteiger partial charge in [0, 0.05) is 12.2 Å². The normalized spacial score (nSPS) is 16.5. The van der Waals surface area contributed by atoms with Crippen molar-refractivity contribution in [3.05, 3.63) is 23.8 Å². The van der Waals surface area contributed by atoms with Crippen LogP contribution in [0.1, 0.15) is 39.2 Å². The van der Waals surface area contributed by atoms with Crippen molar-refractivity contribution in [3.8, 4) is 5.75 Å². The quantitative estimate of drug-likeness (QED) is 0.642. The number of anilines is 1. The Hall–Kier alpha value is -2.44. The fraction of sp³-hybridized carbons (Fsp3) is 0.579. The van der Waals surface area contributed by atoms with Crippen LogP contribution >= 0.6 is 0 Å². The Bertz CT molecular complexity index is 679. The lowest BCUT2D eigenvalue weighted by atomic mass is 9.76. The molecule has 26 heavy (non-hydrogen) atoms. The number of hydrogen-bond acceptors (Lipinski definition) is 5. The van der Waals surface area contributed by atoms with E-state index in [1.165, 1.54) is 7.11 Å². The van der Waals surface area contributed by atoms with Gasteiger partial charge in [-0.15, -0.1) is 0 Å². The zero-order chi connectivity index (χ0) is 19.5. The predicted molar refractivity (Wildman–Crippen MR) is 98.1 cm³/mol. The summed E-state index contributed by atoms with van der Waals surface area (Å²) in [6.07, 6.45) is 1.22. The van der Waals surface area contributed by atoms with Gasteiger partial charge in [0.25, 0.3) is 0 Å². The van der Waals surface area contributed by atoms with Gasteiger partial charge < -0.3 is 25.6 Å². The van der Waals surface area contributed by atoms with Gasteiger partial charge >= 0.3 is 12.1 Å². The molecule has 1 aliphatic rings. The highest BCUT2D eigenvalue weighted by Crippen LogP contribution is 2.48. The maximum Gasteiger partial charge on any atom is 0.407 e. The van der Waals surface area contributed by atoms with E-state index in [0.29, 0.717) is 17.0 Å². The van der Waals surface area contributed by atoms with Crippen LogP contribution < -0.4 is 15.8 Å². The highest BCUT2D eigenvalue weighted by Gasteiger charge is 2.51. The number of methoxy groups -OCH3 is 1. The van der Waals surface area contributed by atoms with Gasteiger partial charge in [0.05, 0.1) is 12.5 Å². The number of hydrogen-bond donors (Lipinski definition) is 3. The maximum atomic E-state index is 12.2. The predicted octanol–water partition coefficient (Wildman–Crippen LogP) is 2.83. The van der Waals surface area contributed by atoms with Crippen LogP contribution in [0.3, 0.4) is 0 Å². The molecule has 7 heteroatoms. The molecule has 1 amide bonds. The molecule has 0 radical (unpaired) electrons. The largest absolute Gasteiger partial charge is 0.496 e. The van der Waals surface area contributed by atoms with Gasteiger partial charge in [0.1, 0.15) is 11.4 Å². The number of carboxylic acids is 1. The Labute approximate surface area is 153 Å². The fourth-order valence-corrected chi connectivity index (χ4v) is 3.13. The van der Waals surface area contributed by atoms with E-state index in [2.05, 4.69) is 5.32 Å². The Morgan fingerprint density at radius 2 is 1.96 bits per heavy atom. The molecule has 1 atom stereocenters. The van der Waals surface area contributed by atoms with Crippen molar-refractivity contribution in [1.82, 2.24) is 5.32 Å². The van der Waals surface area contributed by atoms with E-state index in [1.54, 1.807) is 39.0 Å². The summed E-state index contributed by atoms with van der Waals surface area (Å²) in [5.74, 6) is -0.371. The standard InChI is InChI=1S/C19H28N2O5/c1-18(2,3)26-17(24)21-11-19(16(22)23,13-5-6-13)10-12-9-14(20)7-8-15(12)25-4/h7-9,13H,5-6,10-11,20H2,1-4H3,(H,21,24)(H,22,23). The number of nitrogens with one attached hydrogen (secondary N) is 1. The lowest BCUT2D eigenvalue weighted by Crippen LogP contribution is -2.47. The number of carbonyl (C=O) groups excluding carboxylic acids is 1. The zero-order valence-electron chi connectivity index (χ0n) is 15.8. The molecule has 1 aromatic rings. The number of aliphatic carboxylic acids is 1. The highest BCUT2D eigenvalue weighted by molar-refractivity contribution is 5.78. The van der Waals surface area contributed by atoms with Crippen molar-refractivity contribution in [2.45, 2.75) is 45.6 Å². The molecule has 0 aliphatic heterocycles. The number of nitrogen functional groups attached to an aromatic ring is 1. The lowest BCUT2D eigenvalue weighted by Gasteiger charge is -2.31. The molecule has 0 aromatic heterocycles.